The van der Waals surface area contributed by atoms with Gasteiger partial charge in [0.25, 0.3) is 0 Å². The fourth-order valence-corrected chi connectivity index (χ4v) is 3.04. The summed E-state index contributed by atoms with van der Waals surface area (Å²) in [6.45, 7) is 10.3. The first-order valence-corrected chi connectivity index (χ1v) is 8.37. The normalized spacial score (nSPS) is 15.8. The molecular weight excluding hydrogens is 244 g/mol. The fourth-order valence-electron chi connectivity index (χ4n) is 3.04. The lowest BCUT2D eigenvalue weighted by Crippen LogP contribution is -2.40. The first-order valence-electron chi connectivity index (χ1n) is 8.37. The zero-order valence-electron chi connectivity index (χ0n) is 13.7. The van der Waals surface area contributed by atoms with Crippen molar-refractivity contribution in [2.75, 3.05) is 6.54 Å². The topological polar surface area (TPSA) is 24.9 Å². The van der Waals surface area contributed by atoms with E-state index in [-0.39, 0.29) is 0 Å². The standard InChI is InChI=1S/C18H32N2/c1-5-8-9-16(7-3)18(20-12-6-2)15(4)17-10-13-19-14-11-17/h10-11,13-16,18,20H,5-9,12H2,1-4H3. The maximum absolute atomic E-state index is 4.14. The highest BCUT2D eigenvalue weighted by Gasteiger charge is 2.25. The van der Waals surface area contributed by atoms with Crippen molar-refractivity contribution in [1.29, 1.82) is 0 Å². The average Bonchev–Trinajstić information content (AvgIpc) is 2.51. The first kappa shape index (κ1) is 17.2. The number of nitrogens with one attached hydrogen (secondary N) is 1. The van der Waals surface area contributed by atoms with E-state index >= 15 is 0 Å². The molecule has 1 N–H and O–H groups in total. The molecule has 2 nitrogen and oxygen atoms in total. The van der Waals surface area contributed by atoms with E-state index in [4.69, 9.17) is 0 Å². The molecule has 0 spiro atoms. The smallest absolute Gasteiger partial charge is 0.0270 e. The Kier molecular flexibility index (Phi) is 8.52. The number of aromatic nitrogens is 1. The molecule has 0 aromatic carbocycles. The van der Waals surface area contributed by atoms with Crippen molar-refractivity contribution in [2.24, 2.45) is 5.92 Å². The van der Waals surface area contributed by atoms with Gasteiger partial charge in [0.15, 0.2) is 0 Å². The van der Waals surface area contributed by atoms with E-state index in [1.54, 1.807) is 0 Å². The van der Waals surface area contributed by atoms with Crippen LogP contribution in [0.2, 0.25) is 0 Å². The summed E-state index contributed by atoms with van der Waals surface area (Å²) in [5.41, 5.74) is 1.41. The van der Waals surface area contributed by atoms with Crippen molar-refractivity contribution < 1.29 is 0 Å². The highest BCUT2D eigenvalue weighted by molar-refractivity contribution is 5.17. The molecule has 3 unspecified atom stereocenters. The Bertz CT molecular complexity index is 337. The van der Waals surface area contributed by atoms with Gasteiger partial charge < -0.3 is 5.32 Å². The number of hydrogen-bond donors (Lipinski definition) is 1. The zero-order chi connectivity index (χ0) is 14.8. The van der Waals surface area contributed by atoms with E-state index < -0.39 is 0 Å². The quantitative estimate of drug-likeness (QED) is 0.666. The van der Waals surface area contributed by atoms with Crippen LogP contribution in [0.5, 0.6) is 0 Å². The van der Waals surface area contributed by atoms with Gasteiger partial charge in [-0.1, -0.05) is 47.0 Å². The summed E-state index contributed by atoms with van der Waals surface area (Å²) in [5, 5.41) is 3.81. The molecule has 114 valence electrons. The van der Waals surface area contributed by atoms with Gasteiger partial charge in [0, 0.05) is 18.4 Å². The van der Waals surface area contributed by atoms with Crippen LogP contribution in [0.15, 0.2) is 24.5 Å². The van der Waals surface area contributed by atoms with E-state index in [2.05, 4.69) is 50.1 Å². The maximum atomic E-state index is 4.14. The van der Waals surface area contributed by atoms with Crippen molar-refractivity contribution in [1.82, 2.24) is 10.3 Å². The van der Waals surface area contributed by atoms with Crippen LogP contribution in [0.4, 0.5) is 0 Å². The third-order valence-electron chi connectivity index (χ3n) is 4.36. The second-order valence-corrected chi connectivity index (χ2v) is 5.86. The van der Waals surface area contributed by atoms with E-state index in [9.17, 15) is 0 Å². The lowest BCUT2D eigenvalue weighted by atomic mass is 9.81. The highest BCUT2D eigenvalue weighted by atomic mass is 14.9. The van der Waals surface area contributed by atoms with Crippen molar-refractivity contribution in [3.8, 4) is 0 Å². The summed E-state index contributed by atoms with van der Waals surface area (Å²) >= 11 is 0. The monoisotopic (exact) mass is 276 g/mol. The van der Waals surface area contributed by atoms with Gasteiger partial charge in [-0.05, 0) is 48.9 Å². The largest absolute Gasteiger partial charge is 0.313 e. The second kappa shape index (κ2) is 9.93. The van der Waals surface area contributed by atoms with E-state index in [0.717, 1.165) is 12.5 Å². The van der Waals surface area contributed by atoms with Crippen LogP contribution >= 0.6 is 0 Å². The van der Waals surface area contributed by atoms with Gasteiger partial charge in [-0.15, -0.1) is 0 Å². The van der Waals surface area contributed by atoms with Gasteiger partial charge in [-0.2, -0.15) is 0 Å². The van der Waals surface area contributed by atoms with Crippen LogP contribution in [0.1, 0.15) is 71.3 Å². The van der Waals surface area contributed by atoms with Gasteiger partial charge >= 0.3 is 0 Å². The van der Waals surface area contributed by atoms with Crippen LogP contribution in [0.3, 0.4) is 0 Å². The van der Waals surface area contributed by atoms with Gasteiger partial charge in [0.05, 0.1) is 0 Å². The molecule has 0 aliphatic heterocycles. The summed E-state index contributed by atoms with van der Waals surface area (Å²) in [4.78, 5) is 4.14. The molecule has 1 heterocycles. The molecular formula is C18H32N2. The molecule has 0 saturated heterocycles. The molecule has 0 bridgehead atoms. The Morgan fingerprint density at radius 1 is 1.10 bits per heavy atom. The molecule has 0 amide bonds. The molecule has 0 fully saturated rings. The third kappa shape index (κ3) is 5.24. The first-order chi connectivity index (χ1) is 9.74. The van der Waals surface area contributed by atoms with Gasteiger partial charge in [0.2, 0.25) is 0 Å². The van der Waals surface area contributed by atoms with Crippen molar-refractivity contribution in [3.63, 3.8) is 0 Å². The summed E-state index contributed by atoms with van der Waals surface area (Å²) in [6.07, 6.45) is 10.3. The molecule has 20 heavy (non-hydrogen) atoms. The van der Waals surface area contributed by atoms with Gasteiger partial charge in [-0.25, -0.2) is 0 Å². The average molecular weight is 276 g/mol. The number of nitrogens with zero attached hydrogens (tertiary/aromatic N) is 1. The Labute approximate surface area is 125 Å². The molecule has 1 aromatic rings. The van der Waals surface area contributed by atoms with Gasteiger partial charge in [-0.3, -0.25) is 4.98 Å². The zero-order valence-corrected chi connectivity index (χ0v) is 13.7. The number of unbranched alkanes of at least 4 members (excludes halogenated alkanes) is 1. The predicted octanol–water partition coefficient (Wildman–Crippen LogP) is 4.77. The van der Waals surface area contributed by atoms with Crippen LogP contribution in [-0.4, -0.2) is 17.6 Å². The molecule has 1 rings (SSSR count). The van der Waals surface area contributed by atoms with Crippen LogP contribution in [0.25, 0.3) is 0 Å². The number of pyridine rings is 1. The minimum Gasteiger partial charge on any atom is -0.313 e. The molecule has 2 heteroatoms. The lowest BCUT2D eigenvalue weighted by Gasteiger charge is -2.33. The Hall–Kier alpha value is -0.890. The summed E-state index contributed by atoms with van der Waals surface area (Å²) < 4.78 is 0. The Morgan fingerprint density at radius 2 is 1.80 bits per heavy atom. The minimum atomic E-state index is 0.548. The van der Waals surface area contributed by atoms with Crippen molar-refractivity contribution in [3.05, 3.63) is 30.1 Å². The molecule has 1 aromatic heterocycles. The summed E-state index contributed by atoms with van der Waals surface area (Å²) in [7, 11) is 0. The predicted molar refractivity (Wildman–Crippen MR) is 88.0 cm³/mol. The Balaban J connectivity index is 2.80. The highest BCUT2D eigenvalue weighted by Crippen LogP contribution is 2.28. The molecule has 0 saturated carbocycles. The second-order valence-electron chi connectivity index (χ2n) is 5.86. The summed E-state index contributed by atoms with van der Waals surface area (Å²) in [5.74, 6) is 1.32. The molecule has 0 radical (unpaired) electrons. The summed E-state index contributed by atoms with van der Waals surface area (Å²) in [6, 6.07) is 4.91. The van der Waals surface area contributed by atoms with Crippen LogP contribution in [-0.2, 0) is 0 Å². The van der Waals surface area contributed by atoms with E-state index in [1.807, 2.05) is 12.4 Å². The Morgan fingerprint density at radius 3 is 2.35 bits per heavy atom. The fraction of sp³-hybridized carbons (Fsp3) is 0.722. The number of hydrogen-bond acceptors (Lipinski definition) is 2. The van der Waals surface area contributed by atoms with Crippen molar-refractivity contribution >= 4 is 0 Å². The lowest BCUT2D eigenvalue weighted by molar-refractivity contribution is 0.286. The van der Waals surface area contributed by atoms with Gasteiger partial charge in [0.1, 0.15) is 0 Å². The van der Waals surface area contributed by atoms with Crippen LogP contribution < -0.4 is 5.32 Å². The van der Waals surface area contributed by atoms with E-state index in [1.165, 1.54) is 37.7 Å². The SMILES string of the molecule is CCCCC(CC)C(NCCC)C(C)c1ccncc1. The maximum Gasteiger partial charge on any atom is 0.0270 e. The third-order valence-corrected chi connectivity index (χ3v) is 4.36. The van der Waals surface area contributed by atoms with E-state index in [0.29, 0.717) is 12.0 Å². The van der Waals surface area contributed by atoms with Crippen LogP contribution in [0, 0.1) is 5.92 Å². The minimum absolute atomic E-state index is 0.548. The molecule has 3 atom stereocenters. The number of rotatable bonds is 10. The van der Waals surface area contributed by atoms with Crippen molar-refractivity contribution in [2.45, 2.75) is 71.8 Å². The molecule has 0 aliphatic carbocycles. The molecule has 0 aliphatic rings.